The second-order valence-electron chi connectivity index (χ2n) is 5.15. The zero-order valence-corrected chi connectivity index (χ0v) is 12.1. The summed E-state index contributed by atoms with van der Waals surface area (Å²) in [7, 11) is 0. The van der Waals surface area contributed by atoms with Crippen LogP contribution in [0.15, 0.2) is 42.5 Å². The topological polar surface area (TPSA) is 0 Å². The molecule has 0 saturated heterocycles. The maximum Gasteiger partial charge on any atom is 0.129 e. The van der Waals surface area contributed by atoms with Gasteiger partial charge in [0.15, 0.2) is 0 Å². The fourth-order valence-electron chi connectivity index (χ4n) is 2.35. The highest BCUT2D eigenvalue weighted by Gasteiger charge is 2.13. The Bertz CT molecular complexity index is 581. The molecule has 3 heteroatoms. The predicted octanol–water partition coefficient (Wildman–Crippen LogP) is 4.91. The van der Waals surface area contributed by atoms with Crippen molar-refractivity contribution in [3.63, 3.8) is 0 Å². The van der Waals surface area contributed by atoms with Crippen LogP contribution in [0.25, 0.3) is 0 Å². The molecule has 0 N–H and O–H groups in total. The smallest absolute Gasteiger partial charge is 0.129 e. The van der Waals surface area contributed by atoms with Gasteiger partial charge in [-0.3, -0.25) is 0 Å². The Kier molecular flexibility index (Phi) is 5.13. The van der Waals surface area contributed by atoms with Crippen LogP contribution in [0.1, 0.15) is 16.7 Å². The third-order valence-corrected chi connectivity index (χ3v) is 3.79. The first-order valence-corrected chi connectivity index (χ1v) is 7.17. The predicted molar refractivity (Wildman–Crippen MR) is 79.2 cm³/mol. The van der Waals surface area contributed by atoms with E-state index in [1.54, 1.807) is 0 Å². The molecule has 0 aliphatic carbocycles. The molecule has 0 heterocycles. The zero-order valence-electron chi connectivity index (χ0n) is 11.4. The van der Waals surface area contributed by atoms with Crippen molar-refractivity contribution >= 4 is 11.6 Å². The number of benzene rings is 2. The van der Waals surface area contributed by atoms with Gasteiger partial charge in [0.1, 0.15) is 11.6 Å². The summed E-state index contributed by atoms with van der Waals surface area (Å²) in [6.07, 6.45) is 1.31. The van der Waals surface area contributed by atoms with Crippen molar-refractivity contribution in [1.29, 1.82) is 0 Å². The molecule has 0 nitrogen and oxygen atoms in total. The van der Waals surface area contributed by atoms with Crippen LogP contribution in [-0.4, -0.2) is 5.88 Å². The zero-order chi connectivity index (χ0) is 14.5. The molecule has 0 saturated carbocycles. The Labute approximate surface area is 123 Å². The quantitative estimate of drug-likeness (QED) is 0.687. The Hall–Kier alpha value is -1.41. The molecule has 2 rings (SSSR count). The van der Waals surface area contributed by atoms with Crippen LogP contribution < -0.4 is 0 Å². The van der Waals surface area contributed by atoms with Crippen LogP contribution in [-0.2, 0) is 12.8 Å². The third kappa shape index (κ3) is 4.04. The van der Waals surface area contributed by atoms with Gasteiger partial charge in [0, 0.05) is 11.9 Å². The lowest BCUT2D eigenvalue weighted by molar-refractivity contribution is 0.534. The van der Waals surface area contributed by atoms with Crippen molar-refractivity contribution in [3.8, 4) is 0 Å². The molecule has 0 bridgehead atoms. The lowest BCUT2D eigenvalue weighted by Gasteiger charge is -2.15. The molecular formula is C17H17ClF2. The molecule has 1 unspecified atom stereocenters. The number of alkyl halides is 1. The summed E-state index contributed by atoms with van der Waals surface area (Å²) < 4.78 is 26.6. The normalized spacial score (nSPS) is 12.4. The van der Waals surface area contributed by atoms with Gasteiger partial charge < -0.3 is 0 Å². The van der Waals surface area contributed by atoms with Crippen molar-refractivity contribution < 1.29 is 8.78 Å². The highest BCUT2D eigenvalue weighted by molar-refractivity contribution is 6.18. The van der Waals surface area contributed by atoms with E-state index in [4.69, 9.17) is 11.6 Å². The molecule has 0 spiro atoms. The highest BCUT2D eigenvalue weighted by Crippen LogP contribution is 2.19. The molecule has 2 aromatic rings. The Morgan fingerprint density at radius 2 is 1.85 bits per heavy atom. The maximum atomic E-state index is 13.7. The summed E-state index contributed by atoms with van der Waals surface area (Å²) in [4.78, 5) is 0. The lowest BCUT2D eigenvalue weighted by atomic mass is 9.93. The number of halogens is 3. The molecule has 20 heavy (non-hydrogen) atoms. The van der Waals surface area contributed by atoms with E-state index in [-0.39, 0.29) is 5.92 Å². The van der Waals surface area contributed by atoms with Gasteiger partial charge >= 0.3 is 0 Å². The average Bonchev–Trinajstić information content (AvgIpc) is 2.41. The van der Waals surface area contributed by atoms with E-state index in [1.807, 2.05) is 25.1 Å². The molecular weight excluding hydrogens is 278 g/mol. The van der Waals surface area contributed by atoms with Gasteiger partial charge in [0.25, 0.3) is 0 Å². The summed E-state index contributed by atoms with van der Waals surface area (Å²) in [5, 5.41) is 0. The average molecular weight is 295 g/mol. The first-order valence-electron chi connectivity index (χ1n) is 6.64. The molecule has 0 radical (unpaired) electrons. The summed E-state index contributed by atoms with van der Waals surface area (Å²) in [5.74, 6) is -0.458. The van der Waals surface area contributed by atoms with E-state index in [1.165, 1.54) is 23.3 Å². The summed E-state index contributed by atoms with van der Waals surface area (Å²) in [6.45, 7) is 2.04. The number of hydrogen-bond acceptors (Lipinski definition) is 0. The monoisotopic (exact) mass is 294 g/mol. The second-order valence-corrected chi connectivity index (χ2v) is 5.46. The molecule has 106 valence electrons. The van der Waals surface area contributed by atoms with Crippen LogP contribution in [0.5, 0.6) is 0 Å². The SMILES string of the molecule is Cc1cccc(CC(CCl)Cc2ccc(F)cc2F)c1. The Morgan fingerprint density at radius 1 is 1.05 bits per heavy atom. The van der Waals surface area contributed by atoms with E-state index in [9.17, 15) is 8.78 Å². The van der Waals surface area contributed by atoms with Gasteiger partial charge in [-0.05, 0) is 42.9 Å². The van der Waals surface area contributed by atoms with Gasteiger partial charge in [-0.15, -0.1) is 11.6 Å². The van der Waals surface area contributed by atoms with Crippen LogP contribution in [0.4, 0.5) is 8.78 Å². The maximum absolute atomic E-state index is 13.7. The van der Waals surface area contributed by atoms with Crippen molar-refractivity contribution in [1.82, 2.24) is 0 Å². The fraction of sp³-hybridized carbons (Fsp3) is 0.294. The summed E-state index contributed by atoms with van der Waals surface area (Å²) in [6, 6.07) is 11.9. The Morgan fingerprint density at radius 3 is 2.50 bits per heavy atom. The van der Waals surface area contributed by atoms with Crippen LogP contribution in [0.3, 0.4) is 0 Å². The van der Waals surface area contributed by atoms with Gasteiger partial charge in [0.2, 0.25) is 0 Å². The van der Waals surface area contributed by atoms with Gasteiger partial charge in [-0.25, -0.2) is 8.78 Å². The van der Waals surface area contributed by atoms with Crippen LogP contribution >= 0.6 is 11.6 Å². The molecule has 0 aromatic heterocycles. The fourth-order valence-corrected chi connectivity index (χ4v) is 2.57. The van der Waals surface area contributed by atoms with E-state index >= 15 is 0 Å². The minimum atomic E-state index is -0.549. The highest BCUT2D eigenvalue weighted by atomic mass is 35.5. The molecule has 0 aliphatic rings. The van der Waals surface area contributed by atoms with Gasteiger partial charge in [0.05, 0.1) is 0 Å². The summed E-state index contributed by atoms with van der Waals surface area (Å²) >= 11 is 5.99. The van der Waals surface area contributed by atoms with E-state index in [0.29, 0.717) is 17.9 Å². The molecule has 0 amide bonds. The largest absolute Gasteiger partial charge is 0.207 e. The van der Waals surface area contributed by atoms with Crippen LogP contribution in [0.2, 0.25) is 0 Å². The van der Waals surface area contributed by atoms with Crippen molar-refractivity contribution in [2.45, 2.75) is 19.8 Å². The number of aryl methyl sites for hydroxylation is 1. The van der Waals surface area contributed by atoms with E-state index in [2.05, 4.69) is 6.07 Å². The van der Waals surface area contributed by atoms with Crippen LogP contribution in [0, 0.1) is 24.5 Å². The molecule has 0 aliphatic heterocycles. The molecule has 0 fully saturated rings. The van der Waals surface area contributed by atoms with E-state index in [0.717, 1.165) is 12.5 Å². The third-order valence-electron chi connectivity index (χ3n) is 3.35. The minimum Gasteiger partial charge on any atom is -0.207 e. The second kappa shape index (κ2) is 6.85. The number of rotatable bonds is 5. The standard InChI is InChI=1S/C17H17ClF2/c1-12-3-2-4-13(7-12)8-14(11-18)9-15-5-6-16(19)10-17(15)20/h2-7,10,14H,8-9,11H2,1H3. The molecule has 1 atom stereocenters. The van der Waals surface area contributed by atoms with E-state index < -0.39 is 11.6 Å². The van der Waals surface area contributed by atoms with Gasteiger partial charge in [-0.2, -0.15) is 0 Å². The Balaban J connectivity index is 2.09. The van der Waals surface area contributed by atoms with Crippen molar-refractivity contribution in [3.05, 3.63) is 70.8 Å². The first-order chi connectivity index (χ1) is 9.58. The van der Waals surface area contributed by atoms with Crippen molar-refractivity contribution in [2.75, 3.05) is 5.88 Å². The summed E-state index contributed by atoms with van der Waals surface area (Å²) in [5.41, 5.74) is 2.91. The first kappa shape index (κ1) is 15.0. The number of hydrogen-bond donors (Lipinski definition) is 0. The van der Waals surface area contributed by atoms with Crippen molar-refractivity contribution in [2.24, 2.45) is 5.92 Å². The lowest BCUT2D eigenvalue weighted by Crippen LogP contribution is -2.11. The van der Waals surface area contributed by atoms with Gasteiger partial charge in [-0.1, -0.05) is 35.9 Å². The molecule has 2 aromatic carbocycles. The minimum absolute atomic E-state index is 0.137.